The van der Waals surface area contributed by atoms with Gasteiger partial charge in [-0.05, 0) is 56.0 Å². The van der Waals surface area contributed by atoms with Crippen LogP contribution in [0.25, 0.3) is 0 Å². The standard InChI is InChI=1S/C18H21FO2/c1-11-7-13(3)18(14(4)8-11)16(20)10-21-17-9-15(19)6-5-12(17)2/h5-9,16,20H,10H2,1-4H3. The predicted molar refractivity (Wildman–Crippen MR) is 82.2 cm³/mol. The molecule has 0 aliphatic rings. The monoisotopic (exact) mass is 288 g/mol. The Morgan fingerprint density at radius 3 is 2.24 bits per heavy atom. The molecule has 1 atom stereocenters. The lowest BCUT2D eigenvalue weighted by molar-refractivity contribution is 0.106. The number of aliphatic hydroxyl groups excluding tert-OH is 1. The molecule has 2 rings (SSSR count). The molecule has 3 heteroatoms. The summed E-state index contributed by atoms with van der Waals surface area (Å²) in [5.74, 6) is 0.129. The molecule has 1 unspecified atom stereocenters. The third kappa shape index (κ3) is 3.61. The summed E-state index contributed by atoms with van der Waals surface area (Å²) in [6.07, 6.45) is -0.728. The molecule has 21 heavy (non-hydrogen) atoms. The van der Waals surface area contributed by atoms with E-state index < -0.39 is 6.10 Å². The summed E-state index contributed by atoms with van der Waals surface area (Å²) >= 11 is 0. The van der Waals surface area contributed by atoms with Crippen molar-refractivity contribution in [3.63, 3.8) is 0 Å². The van der Waals surface area contributed by atoms with Crippen molar-refractivity contribution < 1.29 is 14.2 Å². The Morgan fingerprint density at radius 2 is 1.62 bits per heavy atom. The Labute approximate surface area is 125 Å². The average Bonchev–Trinajstić information content (AvgIpc) is 2.38. The molecule has 0 bridgehead atoms. The molecule has 0 saturated heterocycles. The molecular weight excluding hydrogens is 267 g/mol. The van der Waals surface area contributed by atoms with Gasteiger partial charge >= 0.3 is 0 Å². The van der Waals surface area contributed by atoms with Gasteiger partial charge < -0.3 is 9.84 Å². The summed E-state index contributed by atoms with van der Waals surface area (Å²) in [4.78, 5) is 0. The third-order valence-corrected chi connectivity index (χ3v) is 3.62. The highest BCUT2D eigenvalue weighted by molar-refractivity contribution is 5.39. The van der Waals surface area contributed by atoms with Crippen molar-refractivity contribution >= 4 is 0 Å². The number of aliphatic hydroxyl groups is 1. The summed E-state index contributed by atoms with van der Waals surface area (Å²) in [5, 5.41) is 10.4. The van der Waals surface area contributed by atoms with Crippen LogP contribution in [-0.4, -0.2) is 11.7 Å². The van der Waals surface area contributed by atoms with Crippen molar-refractivity contribution in [1.82, 2.24) is 0 Å². The first-order chi connectivity index (χ1) is 9.88. The molecule has 2 aromatic carbocycles. The van der Waals surface area contributed by atoms with Crippen LogP contribution in [0.1, 0.15) is 33.9 Å². The van der Waals surface area contributed by atoms with E-state index in [4.69, 9.17) is 4.74 Å². The fourth-order valence-electron chi connectivity index (χ4n) is 2.70. The van der Waals surface area contributed by atoms with Gasteiger partial charge in [0.25, 0.3) is 0 Å². The molecule has 0 radical (unpaired) electrons. The van der Waals surface area contributed by atoms with Gasteiger partial charge in [0.05, 0.1) is 0 Å². The number of rotatable bonds is 4. The maximum atomic E-state index is 13.2. The quantitative estimate of drug-likeness (QED) is 0.915. The molecule has 0 amide bonds. The topological polar surface area (TPSA) is 29.5 Å². The van der Waals surface area contributed by atoms with E-state index in [0.717, 1.165) is 22.3 Å². The van der Waals surface area contributed by atoms with E-state index in [2.05, 4.69) is 0 Å². The average molecular weight is 288 g/mol. The van der Waals surface area contributed by atoms with Crippen LogP contribution >= 0.6 is 0 Å². The Hall–Kier alpha value is -1.87. The van der Waals surface area contributed by atoms with Gasteiger partial charge in [0.2, 0.25) is 0 Å². The van der Waals surface area contributed by atoms with E-state index in [0.29, 0.717) is 5.75 Å². The lowest BCUT2D eigenvalue weighted by Gasteiger charge is -2.18. The van der Waals surface area contributed by atoms with Crippen LogP contribution in [-0.2, 0) is 0 Å². The third-order valence-electron chi connectivity index (χ3n) is 3.62. The molecule has 112 valence electrons. The highest BCUT2D eigenvalue weighted by Crippen LogP contribution is 2.25. The molecule has 0 fully saturated rings. The van der Waals surface area contributed by atoms with Gasteiger partial charge in [-0.1, -0.05) is 23.8 Å². The SMILES string of the molecule is Cc1cc(C)c(C(O)COc2cc(F)ccc2C)c(C)c1. The fraction of sp³-hybridized carbons (Fsp3) is 0.333. The van der Waals surface area contributed by atoms with Crippen molar-refractivity contribution in [2.45, 2.75) is 33.8 Å². The van der Waals surface area contributed by atoms with Crippen LogP contribution in [0.2, 0.25) is 0 Å². The van der Waals surface area contributed by atoms with Crippen molar-refractivity contribution in [3.8, 4) is 5.75 Å². The Bertz CT molecular complexity index is 627. The predicted octanol–water partition coefficient (Wildman–Crippen LogP) is 4.17. The van der Waals surface area contributed by atoms with E-state index in [1.165, 1.54) is 17.7 Å². The van der Waals surface area contributed by atoms with Gasteiger partial charge in [0.1, 0.15) is 24.3 Å². The van der Waals surface area contributed by atoms with Crippen LogP contribution in [0.4, 0.5) is 4.39 Å². The summed E-state index contributed by atoms with van der Waals surface area (Å²) in [6, 6.07) is 8.49. The van der Waals surface area contributed by atoms with Crippen molar-refractivity contribution in [3.05, 3.63) is 64.0 Å². The number of benzene rings is 2. The van der Waals surface area contributed by atoms with Gasteiger partial charge in [0, 0.05) is 6.07 Å². The number of aryl methyl sites for hydroxylation is 4. The van der Waals surface area contributed by atoms with Gasteiger partial charge in [-0.3, -0.25) is 0 Å². The van der Waals surface area contributed by atoms with Gasteiger partial charge in [-0.2, -0.15) is 0 Å². The summed E-state index contributed by atoms with van der Waals surface area (Å²) in [5.41, 5.74) is 4.98. The number of hydrogen-bond acceptors (Lipinski definition) is 2. The van der Waals surface area contributed by atoms with Crippen molar-refractivity contribution in [2.24, 2.45) is 0 Å². The zero-order valence-corrected chi connectivity index (χ0v) is 12.9. The smallest absolute Gasteiger partial charge is 0.126 e. The maximum absolute atomic E-state index is 13.2. The van der Waals surface area contributed by atoms with E-state index in [1.807, 2.05) is 39.8 Å². The lowest BCUT2D eigenvalue weighted by Crippen LogP contribution is -2.13. The molecule has 0 aromatic heterocycles. The van der Waals surface area contributed by atoms with E-state index in [1.54, 1.807) is 6.07 Å². The number of hydrogen-bond donors (Lipinski definition) is 1. The first-order valence-electron chi connectivity index (χ1n) is 7.03. The second kappa shape index (κ2) is 6.27. The minimum absolute atomic E-state index is 0.106. The Morgan fingerprint density at radius 1 is 1.00 bits per heavy atom. The van der Waals surface area contributed by atoms with Crippen LogP contribution in [0.5, 0.6) is 5.75 Å². The normalized spacial score (nSPS) is 12.3. The molecule has 2 aromatic rings. The highest BCUT2D eigenvalue weighted by atomic mass is 19.1. The summed E-state index contributed by atoms with van der Waals surface area (Å²) < 4.78 is 18.8. The molecule has 0 saturated carbocycles. The van der Waals surface area contributed by atoms with Crippen LogP contribution in [0.15, 0.2) is 30.3 Å². The highest BCUT2D eigenvalue weighted by Gasteiger charge is 2.15. The lowest BCUT2D eigenvalue weighted by atomic mass is 9.96. The zero-order chi connectivity index (χ0) is 15.6. The maximum Gasteiger partial charge on any atom is 0.126 e. The fourth-order valence-corrected chi connectivity index (χ4v) is 2.70. The zero-order valence-electron chi connectivity index (χ0n) is 12.9. The first-order valence-corrected chi connectivity index (χ1v) is 7.03. The second-order valence-electron chi connectivity index (χ2n) is 5.55. The van der Waals surface area contributed by atoms with Crippen LogP contribution < -0.4 is 4.74 Å². The van der Waals surface area contributed by atoms with Crippen molar-refractivity contribution in [2.75, 3.05) is 6.61 Å². The van der Waals surface area contributed by atoms with Crippen molar-refractivity contribution in [1.29, 1.82) is 0 Å². The minimum Gasteiger partial charge on any atom is -0.490 e. The summed E-state index contributed by atoms with van der Waals surface area (Å²) in [7, 11) is 0. The molecular formula is C18H21FO2. The van der Waals surface area contributed by atoms with Gasteiger partial charge in [0.15, 0.2) is 0 Å². The molecule has 1 N–H and O–H groups in total. The van der Waals surface area contributed by atoms with Gasteiger partial charge in [-0.25, -0.2) is 4.39 Å². The van der Waals surface area contributed by atoms with E-state index >= 15 is 0 Å². The molecule has 0 aliphatic heterocycles. The number of ether oxygens (including phenoxy) is 1. The second-order valence-corrected chi connectivity index (χ2v) is 5.55. The van der Waals surface area contributed by atoms with Crippen LogP contribution in [0.3, 0.4) is 0 Å². The van der Waals surface area contributed by atoms with Gasteiger partial charge in [-0.15, -0.1) is 0 Å². The minimum atomic E-state index is -0.728. The molecule has 0 spiro atoms. The Balaban J connectivity index is 2.15. The Kier molecular flexibility index (Phi) is 4.63. The van der Waals surface area contributed by atoms with E-state index in [9.17, 15) is 9.50 Å². The molecule has 0 aliphatic carbocycles. The summed E-state index contributed by atoms with van der Waals surface area (Å²) in [6.45, 7) is 7.94. The first kappa shape index (κ1) is 15.5. The largest absolute Gasteiger partial charge is 0.490 e. The van der Waals surface area contributed by atoms with Crippen LogP contribution in [0, 0.1) is 33.5 Å². The molecule has 0 heterocycles. The number of halogens is 1. The molecule has 2 nitrogen and oxygen atoms in total. The van der Waals surface area contributed by atoms with E-state index in [-0.39, 0.29) is 12.4 Å².